The van der Waals surface area contributed by atoms with Crippen LogP contribution >= 0.6 is 0 Å². The summed E-state index contributed by atoms with van der Waals surface area (Å²) in [5.41, 5.74) is 0. The third kappa shape index (κ3) is 69.0. The van der Waals surface area contributed by atoms with E-state index >= 15 is 0 Å². The lowest BCUT2D eigenvalue weighted by Gasteiger charge is -2.18. The van der Waals surface area contributed by atoms with Crippen LogP contribution in [0.5, 0.6) is 0 Å². The Balaban J connectivity index is 4.41. The van der Waals surface area contributed by atoms with Crippen molar-refractivity contribution in [3.05, 3.63) is 97.2 Å². The average Bonchev–Trinajstić information content (AvgIpc) is 3.50. The minimum atomic E-state index is -0.804. The number of unbranched alkanes of at least 4 members (excludes halogenated alkanes) is 38. The summed E-state index contributed by atoms with van der Waals surface area (Å²) in [4.78, 5) is 38.5. The van der Waals surface area contributed by atoms with E-state index in [0.29, 0.717) is 19.3 Å². The van der Waals surface area contributed by atoms with Gasteiger partial charge in [-0.2, -0.15) is 0 Å². The van der Waals surface area contributed by atoms with Crippen molar-refractivity contribution in [2.75, 3.05) is 13.2 Å². The number of rotatable bonds is 65. The van der Waals surface area contributed by atoms with Gasteiger partial charge in [-0.15, -0.1) is 0 Å². The first-order valence-corrected chi connectivity index (χ1v) is 35.7. The van der Waals surface area contributed by atoms with Gasteiger partial charge in [-0.05, 0) is 122 Å². The SMILES string of the molecule is CC/C=C\C/C=C\C/C=C\C/C=C\C/C=C\C/C=C\CCCCC(=O)OC(COC(=O)CCCCCCCCCCC/C=C\CCCCCCCC)COC(=O)CCCCCCCCCCCCCCC/C=C\CCCCCCCCCC. The first-order chi connectivity index (χ1) is 41.0. The Morgan fingerprint density at radius 3 is 0.771 bits per heavy atom. The van der Waals surface area contributed by atoms with E-state index in [1.807, 2.05) is 0 Å². The molecule has 0 saturated carbocycles. The van der Waals surface area contributed by atoms with Crippen molar-refractivity contribution in [1.82, 2.24) is 0 Å². The van der Waals surface area contributed by atoms with Crippen LogP contribution in [0, 0.1) is 0 Å². The molecule has 0 aromatic carbocycles. The molecule has 0 radical (unpaired) electrons. The van der Waals surface area contributed by atoms with Gasteiger partial charge in [-0.3, -0.25) is 14.4 Å². The minimum Gasteiger partial charge on any atom is -0.462 e. The molecule has 0 aliphatic carbocycles. The summed E-state index contributed by atoms with van der Waals surface area (Å²) in [6, 6.07) is 0. The normalized spacial score (nSPS) is 12.7. The zero-order valence-corrected chi connectivity index (χ0v) is 54.9. The maximum absolute atomic E-state index is 12.9. The van der Waals surface area contributed by atoms with E-state index < -0.39 is 6.10 Å². The highest BCUT2D eigenvalue weighted by Gasteiger charge is 2.19. The molecule has 1 atom stereocenters. The van der Waals surface area contributed by atoms with Crippen molar-refractivity contribution in [3.8, 4) is 0 Å². The van der Waals surface area contributed by atoms with E-state index in [-0.39, 0.29) is 37.5 Å². The summed E-state index contributed by atoms with van der Waals surface area (Å²) in [6.45, 7) is 6.53. The number of ether oxygens (including phenoxy) is 3. The monoisotopic (exact) mass is 1160 g/mol. The fourth-order valence-electron chi connectivity index (χ4n) is 10.2. The van der Waals surface area contributed by atoms with Gasteiger partial charge in [0.15, 0.2) is 6.10 Å². The minimum absolute atomic E-state index is 0.0941. The van der Waals surface area contributed by atoms with E-state index in [4.69, 9.17) is 14.2 Å². The van der Waals surface area contributed by atoms with E-state index in [1.54, 1.807) is 0 Å². The van der Waals surface area contributed by atoms with Crippen molar-refractivity contribution in [3.63, 3.8) is 0 Å². The van der Waals surface area contributed by atoms with Crippen LogP contribution in [0.1, 0.15) is 355 Å². The van der Waals surface area contributed by atoms with Gasteiger partial charge in [0.1, 0.15) is 13.2 Å². The van der Waals surface area contributed by atoms with Gasteiger partial charge in [0.05, 0.1) is 0 Å². The highest BCUT2D eigenvalue weighted by Crippen LogP contribution is 2.17. The molecule has 0 saturated heterocycles. The quantitative estimate of drug-likeness (QED) is 0.0261. The fraction of sp³-hybridized carbons (Fsp3) is 0.753. The van der Waals surface area contributed by atoms with Crippen LogP contribution in [-0.4, -0.2) is 37.2 Å². The first kappa shape index (κ1) is 79.3. The summed E-state index contributed by atoms with van der Waals surface area (Å²) in [6.07, 6.45) is 95.8. The molecule has 0 aliphatic heterocycles. The molecule has 0 N–H and O–H groups in total. The Hall–Kier alpha value is -3.67. The van der Waals surface area contributed by atoms with Crippen LogP contribution in [-0.2, 0) is 28.6 Å². The molecule has 6 heteroatoms. The van der Waals surface area contributed by atoms with Crippen molar-refractivity contribution < 1.29 is 28.6 Å². The van der Waals surface area contributed by atoms with E-state index in [0.717, 1.165) is 89.9 Å². The highest BCUT2D eigenvalue weighted by atomic mass is 16.6. The fourth-order valence-corrected chi connectivity index (χ4v) is 10.2. The molecule has 0 spiro atoms. The van der Waals surface area contributed by atoms with E-state index in [1.165, 1.54) is 218 Å². The van der Waals surface area contributed by atoms with Crippen LogP contribution < -0.4 is 0 Å². The molecule has 0 aromatic rings. The molecule has 0 aliphatic rings. The van der Waals surface area contributed by atoms with Gasteiger partial charge in [0.25, 0.3) is 0 Å². The summed E-state index contributed by atoms with van der Waals surface area (Å²) < 4.78 is 17.0. The molecule has 0 heterocycles. The molecule has 1 unspecified atom stereocenters. The summed E-state index contributed by atoms with van der Waals surface area (Å²) in [5, 5.41) is 0. The molecule has 0 fully saturated rings. The smallest absolute Gasteiger partial charge is 0.306 e. The zero-order valence-electron chi connectivity index (χ0n) is 54.9. The number of allylic oxidation sites excluding steroid dienone is 16. The number of hydrogen-bond acceptors (Lipinski definition) is 6. The molecule has 83 heavy (non-hydrogen) atoms. The lowest BCUT2D eigenvalue weighted by atomic mass is 10.0. The van der Waals surface area contributed by atoms with Crippen LogP contribution in [0.3, 0.4) is 0 Å². The van der Waals surface area contributed by atoms with Gasteiger partial charge in [-0.1, -0.05) is 311 Å². The number of carbonyl (C=O) groups is 3. The molecule has 0 rings (SSSR count). The Labute approximate surface area is 515 Å². The molecule has 0 aromatic heterocycles. The van der Waals surface area contributed by atoms with Crippen LogP contribution in [0.2, 0.25) is 0 Å². The second kappa shape index (κ2) is 70.8. The predicted octanol–water partition coefficient (Wildman–Crippen LogP) is 24.8. The number of carbonyl (C=O) groups excluding carboxylic acids is 3. The molecule has 478 valence electrons. The maximum atomic E-state index is 12.9. The third-order valence-corrected chi connectivity index (χ3v) is 15.5. The van der Waals surface area contributed by atoms with E-state index in [2.05, 4.69) is 118 Å². The van der Waals surface area contributed by atoms with Crippen LogP contribution in [0.15, 0.2) is 97.2 Å². The van der Waals surface area contributed by atoms with Gasteiger partial charge in [-0.25, -0.2) is 0 Å². The molecule has 0 bridgehead atoms. The number of esters is 3. The van der Waals surface area contributed by atoms with Crippen molar-refractivity contribution in [1.29, 1.82) is 0 Å². The molecule has 0 amide bonds. The van der Waals surface area contributed by atoms with Crippen LogP contribution in [0.25, 0.3) is 0 Å². The zero-order chi connectivity index (χ0) is 59.9. The Kier molecular flexibility index (Phi) is 67.7. The standard InChI is InChI=1S/C77H134O6/c1-4-7-10-13-16-19-22-25-28-31-34-36-37-38-39-41-43-46-49-52-55-58-61-64-67-70-76(79)82-73-74(72-81-75(78)69-66-63-60-57-54-51-48-45-42-33-30-27-24-21-18-15-12-9-6-3)83-77(80)71-68-65-62-59-56-53-50-47-44-40-35-32-29-26-23-20-17-14-11-8-5-2/h8,11,17,20,26-27,29-31,34-35,40,47,50,56,59,74H,4-7,9-10,12-16,18-19,21-25,28,32-33,36-39,41-46,48-49,51-55,57-58,60-73H2,1-3H3/b11-8-,20-17-,29-26-,30-27-,34-31-,40-35-,50-47-,59-56-. The van der Waals surface area contributed by atoms with Crippen molar-refractivity contribution in [2.45, 2.75) is 361 Å². The molecular weight excluding hydrogens is 1020 g/mol. The Morgan fingerprint density at radius 1 is 0.253 bits per heavy atom. The number of hydrogen-bond donors (Lipinski definition) is 0. The average molecular weight is 1160 g/mol. The van der Waals surface area contributed by atoms with Gasteiger partial charge in [0, 0.05) is 19.3 Å². The summed E-state index contributed by atoms with van der Waals surface area (Å²) in [5.74, 6) is -0.924. The van der Waals surface area contributed by atoms with Gasteiger partial charge < -0.3 is 14.2 Å². The summed E-state index contributed by atoms with van der Waals surface area (Å²) >= 11 is 0. The second-order valence-corrected chi connectivity index (χ2v) is 23.8. The lowest BCUT2D eigenvalue weighted by Crippen LogP contribution is -2.30. The van der Waals surface area contributed by atoms with Gasteiger partial charge in [0.2, 0.25) is 0 Å². The maximum Gasteiger partial charge on any atom is 0.306 e. The predicted molar refractivity (Wildman–Crippen MR) is 362 cm³/mol. The largest absolute Gasteiger partial charge is 0.462 e. The van der Waals surface area contributed by atoms with E-state index in [9.17, 15) is 14.4 Å². The summed E-state index contributed by atoms with van der Waals surface area (Å²) in [7, 11) is 0. The van der Waals surface area contributed by atoms with Gasteiger partial charge >= 0.3 is 17.9 Å². The Morgan fingerprint density at radius 2 is 0.470 bits per heavy atom. The van der Waals surface area contributed by atoms with Crippen molar-refractivity contribution >= 4 is 17.9 Å². The first-order valence-electron chi connectivity index (χ1n) is 35.7. The molecule has 6 nitrogen and oxygen atoms in total. The lowest BCUT2D eigenvalue weighted by molar-refractivity contribution is -0.167. The Bertz CT molecular complexity index is 1610. The van der Waals surface area contributed by atoms with Crippen molar-refractivity contribution in [2.24, 2.45) is 0 Å². The molecular formula is C77H134O6. The second-order valence-electron chi connectivity index (χ2n) is 23.8. The van der Waals surface area contributed by atoms with Crippen LogP contribution in [0.4, 0.5) is 0 Å². The topological polar surface area (TPSA) is 78.9 Å². The highest BCUT2D eigenvalue weighted by molar-refractivity contribution is 5.71. The third-order valence-electron chi connectivity index (χ3n) is 15.5.